The van der Waals surface area contributed by atoms with E-state index < -0.39 is 5.97 Å². The lowest BCUT2D eigenvalue weighted by Gasteiger charge is -1.78. The van der Waals surface area contributed by atoms with E-state index in [9.17, 15) is 4.79 Å². The average Bonchev–Trinajstić information content (AvgIpc) is 2.15. The summed E-state index contributed by atoms with van der Waals surface area (Å²) in [7, 11) is 0. The highest BCUT2D eigenvalue weighted by atomic mass is 16.5. The highest BCUT2D eigenvalue weighted by molar-refractivity contribution is 5.73. The van der Waals surface area contributed by atoms with Gasteiger partial charge in [-0.2, -0.15) is 0 Å². The number of carboxylic acids is 1. The third-order valence-corrected chi connectivity index (χ3v) is 0.580. The van der Waals surface area contributed by atoms with Crippen molar-refractivity contribution in [1.82, 2.24) is 0 Å². The van der Waals surface area contributed by atoms with Crippen LogP contribution in [0, 0.1) is 0 Å². The highest BCUT2D eigenvalue weighted by Crippen LogP contribution is 1.96. The fourth-order valence-corrected chi connectivity index (χ4v) is 0.316. The molecule has 0 aromatic rings. The molecule has 1 N–H and O–H groups in total. The summed E-state index contributed by atoms with van der Waals surface area (Å²) >= 11 is 0. The van der Waals surface area contributed by atoms with E-state index in [4.69, 9.17) is 9.90 Å². The molecule has 0 radical (unpaired) electrons. The minimum Gasteiger partial charge on any atom is -0.481 e. The van der Waals surface area contributed by atoms with Gasteiger partial charge in [-0.1, -0.05) is 0 Å². The minimum atomic E-state index is -0.833. The first-order chi connectivity index (χ1) is 4.63. The van der Waals surface area contributed by atoms with Crippen molar-refractivity contribution in [2.24, 2.45) is 0 Å². The average molecular weight is 144 g/mol. The van der Waals surface area contributed by atoms with E-state index in [-0.39, 0.29) is 5.97 Å². The molecule has 0 saturated carbocycles. The number of hydrogen-bond acceptors (Lipinski definition) is 3. The molecule has 0 fully saturated rings. The van der Waals surface area contributed by atoms with Crippen molar-refractivity contribution in [3.63, 3.8) is 0 Å². The van der Waals surface area contributed by atoms with Crippen molar-refractivity contribution >= 4 is 11.9 Å². The molecule has 0 aliphatic carbocycles. The largest absolute Gasteiger partial charge is 0.481 e. The predicted molar refractivity (Wildman–Crippen MR) is 33.2 cm³/mol. The van der Waals surface area contributed by atoms with Gasteiger partial charge in [0.2, 0.25) is 0 Å². The molecule has 1 aliphatic rings. The molecule has 1 rings (SSSR count). The monoisotopic (exact) mass is 144 g/mol. The van der Waals surface area contributed by atoms with Crippen LogP contribution in [0.25, 0.3) is 0 Å². The maximum absolute atomic E-state index is 9.96. The fraction of sp³-hybridized carbons (Fsp3) is 0.333. The maximum Gasteiger partial charge on any atom is 0.314 e. The number of carbonyl (C=O) groups excluding carboxylic acids is 1. The van der Waals surface area contributed by atoms with E-state index in [1.807, 2.05) is 0 Å². The van der Waals surface area contributed by atoms with E-state index in [1.165, 1.54) is 6.26 Å². The number of esters is 1. The van der Waals surface area contributed by atoms with Gasteiger partial charge in [-0.3, -0.25) is 9.59 Å². The molecule has 0 bridgehead atoms. The van der Waals surface area contributed by atoms with Crippen LogP contribution < -0.4 is 0 Å². The molecule has 0 atom stereocenters. The van der Waals surface area contributed by atoms with Crippen LogP contribution in [0.4, 0.5) is 0 Å². The Balaban J connectivity index is 0.000000180. The zero-order valence-electron chi connectivity index (χ0n) is 5.53. The minimum absolute atomic E-state index is 0.157. The van der Waals surface area contributed by atoms with E-state index in [0.29, 0.717) is 6.42 Å². The smallest absolute Gasteiger partial charge is 0.314 e. The predicted octanol–water partition coefficient (Wildman–Crippen LogP) is 0.538. The van der Waals surface area contributed by atoms with Gasteiger partial charge in [0.1, 0.15) is 0 Å². The molecule has 4 nitrogen and oxygen atoms in total. The second-order valence-electron chi connectivity index (χ2n) is 1.58. The van der Waals surface area contributed by atoms with Gasteiger partial charge in [0, 0.05) is 6.92 Å². The summed E-state index contributed by atoms with van der Waals surface area (Å²) in [5.41, 5.74) is 0. The summed E-state index contributed by atoms with van der Waals surface area (Å²) in [6, 6.07) is 0. The Morgan fingerprint density at radius 3 is 2.40 bits per heavy atom. The van der Waals surface area contributed by atoms with Gasteiger partial charge in [-0.05, 0) is 6.08 Å². The first kappa shape index (κ1) is 8.68. The number of hydrogen-bond donors (Lipinski definition) is 1. The number of rotatable bonds is 0. The van der Waals surface area contributed by atoms with Gasteiger partial charge in [0.15, 0.2) is 0 Å². The number of ether oxygens (including phenoxy) is 1. The Morgan fingerprint density at radius 2 is 2.30 bits per heavy atom. The molecular weight excluding hydrogens is 136 g/mol. The van der Waals surface area contributed by atoms with Crippen LogP contribution in [-0.4, -0.2) is 17.0 Å². The van der Waals surface area contributed by atoms with Crippen LogP contribution in [0.3, 0.4) is 0 Å². The van der Waals surface area contributed by atoms with E-state index >= 15 is 0 Å². The maximum atomic E-state index is 9.96. The van der Waals surface area contributed by atoms with Gasteiger partial charge in [-0.25, -0.2) is 0 Å². The van der Waals surface area contributed by atoms with Gasteiger partial charge in [0.05, 0.1) is 12.7 Å². The molecule has 0 aromatic heterocycles. The number of cyclic esters (lactones) is 1. The first-order valence-electron chi connectivity index (χ1n) is 2.67. The summed E-state index contributed by atoms with van der Waals surface area (Å²) in [5.74, 6) is -0.991. The third kappa shape index (κ3) is 6.68. The van der Waals surface area contributed by atoms with Crippen molar-refractivity contribution in [2.75, 3.05) is 0 Å². The van der Waals surface area contributed by atoms with Crippen LogP contribution in [-0.2, 0) is 14.3 Å². The molecule has 0 aromatic carbocycles. The van der Waals surface area contributed by atoms with Crippen LogP contribution in [0.1, 0.15) is 13.3 Å². The van der Waals surface area contributed by atoms with Gasteiger partial charge in [-0.15, -0.1) is 0 Å². The van der Waals surface area contributed by atoms with Crippen molar-refractivity contribution < 1.29 is 19.4 Å². The second kappa shape index (κ2) is 4.55. The van der Waals surface area contributed by atoms with E-state index in [1.54, 1.807) is 6.08 Å². The molecule has 0 spiro atoms. The first-order valence-corrected chi connectivity index (χ1v) is 2.67. The summed E-state index contributed by atoms with van der Waals surface area (Å²) in [5, 5.41) is 7.42. The van der Waals surface area contributed by atoms with Crippen molar-refractivity contribution in [3.05, 3.63) is 12.3 Å². The highest BCUT2D eigenvalue weighted by Gasteiger charge is 2.00. The van der Waals surface area contributed by atoms with Crippen molar-refractivity contribution in [2.45, 2.75) is 13.3 Å². The fourth-order valence-electron chi connectivity index (χ4n) is 0.316. The molecule has 56 valence electrons. The molecule has 0 unspecified atom stereocenters. The van der Waals surface area contributed by atoms with Gasteiger partial charge in [0.25, 0.3) is 5.97 Å². The van der Waals surface area contributed by atoms with Crippen LogP contribution in [0.2, 0.25) is 0 Å². The molecule has 10 heavy (non-hydrogen) atoms. The third-order valence-electron chi connectivity index (χ3n) is 0.580. The van der Waals surface area contributed by atoms with Crippen LogP contribution in [0.5, 0.6) is 0 Å². The second-order valence-corrected chi connectivity index (χ2v) is 1.58. The zero-order chi connectivity index (χ0) is 7.98. The Labute approximate surface area is 58.1 Å². The standard InChI is InChI=1S/C4H4O2.C2H4O2/c5-4-2-1-3-6-4;1-2(3)4/h1,3H,2H2;1H3,(H,3,4). The van der Waals surface area contributed by atoms with Crippen molar-refractivity contribution in [1.29, 1.82) is 0 Å². The lowest BCUT2D eigenvalue weighted by molar-refractivity contribution is -0.135. The molecule has 0 amide bonds. The summed E-state index contributed by atoms with van der Waals surface area (Å²) in [6.07, 6.45) is 3.53. The van der Waals surface area contributed by atoms with Crippen molar-refractivity contribution in [3.8, 4) is 0 Å². The molecule has 1 heterocycles. The molecule has 1 aliphatic heterocycles. The van der Waals surface area contributed by atoms with E-state index in [0.717, 1.165) is 6.92 Å². The Hall–Kier alpha value is -1.32. The molecule has 0 saturated heterocycles. The van der Waals surface area contributed by atoms with E-state index in [2.05, 4.69) is 4.74 Å². The molecular formula is C6H8O4. The number of aliphatic carboxylic acids is 1. The van der Waals surface area contributed by atoms with Crippen LogP contribution in [0.15, 0.2) is 12.3 Å². The number of carbonyl (C=O) groups is 2. The zero-order valence-corrected chi connectivity index (χ0v) is 5.53. The van der Waals surface area contributed by atoms with Crippen LogP contribution >= 0.6 is 0 Å². The normalized spacial score (nSPS) is 13.5. The summed E-state index contributed by atoms with van der Waals surface area (Å²) in [6.45, 7) is 1.08. The lowest BCUT2D eigenvalue weighted by Crippen LogP contribution is -1.87. The topological polar surface area (TPSA) is 63.6 Å². The lowest BCUT2D eigenvalue weighted by atomic mass is 10.5. The Kier molecular flexibility index (Phi) is 3.95. The summed E-state index contributed by atoms with van der Waals surface area (Å²) < 4.78 is 4.33. The Morgan fingerprint density at radius 1 is 1.80 bits per heavy atom. The SMILES string of the molecule is CC(=O)O.O=C1CC=CO1. The molecule has 4 heteroatoms. The van der Waals surface area contributed by atoms with Gasteiger partial charge < -0.3 is 9.84 Å². The number of carboxylic acid groups (broad SMARTS) is 1. The quantitative estimate of drug-likeness (QED) is 0.504. The summed E-state index contributed by atoms with van der Waals surface area (Å²) in [4.78, 5) is 19.0. The van der Waals surface area contributed by atoms with Gasteiger partial charge >= 0.3 is 5.97 Å². The Bertz CT molecular complexity index is 145.